The summed E-state index contributed by atoms with van der Waals surface area (Å²) in [6, 6.07) is 0. The van der Waals surface area contributed by atoms with E-state index >= 15 is 0 Å². The number of carbonyl (C=O) groups is 1. The molecule has 3 fully saturated rings. The van der Waals surface area contributed by atoms with Crippen LogP contribution in [0.15, 0.2) is 11.3 Å². The highest BCUT2D eigenvalue weighted by molar-refractivity contribution is 5.43. The van der Waals surface area contributed by atoms with E-state index in [-0.39, 0.29) is 29.0 Å². The molecule has 0 spiro atoms. The molecule has 0 amide bonds. The SMILES string of the molecule is CC1(C)CCC[C@]2(C)[C@H]3CCC([C@H]4CO4)=C(OC=O)[C@@H]3O[C@@H](O)C[C@@H]12. The summed E-state index contributed by atoms with van der Waals surface area (Å²) in [4.78, 5) is 11.2. The Labute approximate surface area is 149 Å². The molecule has 5 nitrogen and oxygen atoms in total. The fourth-order valence-electron chi connectivity index (χ4n) is 6.17. The van der Waals surface area contributed by atoms with Crippen LogP contribution in [0.5, 0.6) is 0 Å². The topological polar surface area (TPSA) is 68.3 Å². The largest absolute Gasteiger partial charge is 0.430 e. The van der Waals surface area contributed by atoms with Gasteiger partial charge in [0.15, 0.2) is 6.29 Å². The van der Waals surface area contributed by atoms with Gasteiger partial charge < -0.3 is 19.3 Å². The number of aliphatic hydroxyl groups is 1. The van der Waals surface area contributed by atoms with Crippen LogP contribution in [-0.4, -0.2) is 36.7 Å². The van der Waals surface area contributed by atoms with Crippen molar-refractivity contribution in [1.82, 2.24) is 0 Å². The van der Waals surface area contributed by atoms with Gasteiger partial charge in [0.05, 0.1) is 6.61 Å². The molecule has 1 N–H and O–H groups in total. The van der Waals surface area contributed by atoms with Crippen LogP contribution < -0.4 is 0 Å². The van der Waals surface area contributed by atoms with Gasteiger partial charge in [0.1, 0.15) is 18.0 Å². The Hall–Kier alpha value is -0.910. The van der Waals surface area contributed by atoms with Crippen LogP contribution in [0.4, 0.5) is 0 Å². The molecule has 1 saturated carbocycles. The minimum Gasteiger partial charge on any atom is -0.430 e. The fraction of sp³-hybridized carbons (Fsp3) is 0.850. The number of rotatable bonds is 3. The van der Waals surface area contributed by atoms with E-state index in [1.807, 2.05) is 0 Å². The number of hydrogen-bond donors (Lipinski definition) is 1. The second kappa shape index (κ2) is 6.07. The Morgan fingerprint density at radius 3 is 2.72 bits per heavy atom. The van der Waals surface area contributed by atoms with Gasteiger partial charge in [0.25, 0.3) is 6.47 Å². The van der Waals surface area contributed by atoms with Crippen LogP contribution in [0.2, 0.25) is 0 Å². The fourth-order valence-corrected chi connectivity index (χ4v) is 6.17. The monoisotopic (exact) mass is 350 g/mol. The second-order valence-electron chi connectivity index (χ2n) is 9.22. The Bertz CT molecular complexity index is 579. The van der Waals surface area contributed by atoms with Crippen molar-refractivity contribution in [2.75, 3.05) is 6.61 Å². The minimum atomic E-state index is -0.818. The first-order valence-corrected chi connectivity index (χ1v) is 9.65. The molecule has 0 bridgehead atoms. The van der Waals surface area contributed by atoms with Crippen molar-refractivity contribution in [2.24, 2.45) is 22.7 Å². The summed E-state index contributed by atoms with van der Waals surface area (Å²) in [5.74, 6) is 1.26. The van der Waals surface area contributed by atoms with Crippen molar-refractivity contribution >= 4 is 6.47 Å². The summed E-state index contributed by atoms with van der Waals surface area (Å²) in [5.41, 5.74) is 1.32. The van der Waals surface area contributed by atoms with E-state index in [1.165, 1.54) is 12.8 Å². The molecular formula is C20H30O5. The van der Waals surface area contributed by atoms with Gasteiger partial charge in [-0.05, 0) is 48.3 Å². The standard InChI is InChI=1S/C20H30O5/c1-19(2)7-4-8-20(3)13-6-5-12(14-10-23-14)17(24-11-21)18(13)25-16(22)9-15(19)20/h11,13-16,18,22H,4-10H2,1-3H3/t13-,14+,15-,16+,18+,20+/m0/s1. The number of aliphatic hydroxyl groups excluding tert-OH is 1. The highest BCUT2D eigenvalue weighted by Crippen LogP contribution is 2.61. The zero-order valence-electron chi connectivity index (χ0n) is 15.5. The van der Waals surface area contributed by atoms with Crippen molar-refractivity contribution in [3.05, 3.63) is 11.3 Å². The first-order valence-electron chi connectivity index (χ1n) is 9.65. The lowest BCUT2D eigenvalue weighted by atomic mass is 9.50. The number of carbonyl (C=O) groups excluding carboxylic acids is 1. The van der Waals surface area contributed by atoms with E-state index in [2.05, 4.69) is 20.8 Å². The predicted molar refractivity (Wildman–Crippen MR) is 91.4 cm³/mol. The van der Waals surface area contributed by atoms with Crippen molar-refractivity contribution in [3.8, 4) is 0 Å². The van der Waals surface area contributed by atoms with Crippen LogP contribution in [0, 0.1) is 22.7 Å². The normalized spacial score (nSPS) is 45.8. The van der Waals surface area contributed by atoms with E-state index in [0.717, 1.165) is 24.8 Å². The molecule has 0 unspecified atom stereocenters. The third-order valence-electron chi connectivity index (χ3n) is 7.43. The molecule has 0 aromatic carbocycles. The summed E-state index contributed by atoms with van der Waals surface area (Å²) >= 11 is 0. The molecule has 2 aliphatic heterocycles. The van der Waals surface area contributed by atoms with E-state index in [1.54, 1.807) is 0 Å². The molecule has 4 aliphatic rings. The molecule has 25 heavy (non-hydrogen) atoms. The van der Waals surface area contributed by atoms with E-state index in [0.29, 0.717) is 31.2 Å². The molecule has 2 aliphatic carbocycles. The summed E-state index contributed by atoms with van der Waals surface area (Å²) in [7, 11) is 0. The van der Waals surface area contributed by atoms with Crippen molar-refractivity contribution in [1.29, 1.82) is 0 Å². The van der Waals surface area contributed by atoms with Gasteiger partial charge in [-0.3, -0.25) is 4.79 Å². The highest BCUT2D eigenvalue weighted by Gasteiger charge is 2.57. The average molecular weight is 350 g/mol. The zero-order valence-corrected chi connectivity index (χ0v) is 15.5. The molecule has 2 saturated heterocycles. The third kappa shape index (κ3) is 2.84. The van der Waals surface area contributed by atoms with Gasteiger partial charge in [0, 0.05) is 12.0 Å². The summed E-state index contributed by atoms with van der Waals surface area (Å²) in [6.07, 6.45) is 4.96. The number of hydrogen-bond acceptors (Lipinski definition) is 5. The summed E-state index contributed by atoms with van der Waals surface area (Å²) < 4.78 is 17.0. The first kappa shape index (κ1) is 17.5. The summed E-state index contributed by atoms with van der Waals surface area (Å²) in [5, 5.41) is 10.6. The van der Waals surface area contributed by atoms with E-state index < -0.39 is 6.29 Å². The third-order valence-corrected chi connectivity index (χ3v) is 7.43. The summed E-state index contributed by atoms with van der Waals surface area (Å²) in [6.45, 7) is 8.20. The van der Waals surface area contributed by atoms with E-state index in [9.17, 15) is 9.90 Å². The quantitative estimate of drug-likeness (QED) is 0.625. The Balaban J connectivity index is 1.76. The first-order chi connectivity index (χ1) is 11.9. The van der Waals surface area contributed by atoms with Crippen LogP contribution in [-0.2, 0) is 19.0 Å². The molecule has 140 valence electrons. The lowest BCUT2D eigenvalue weighted by Gasteiger charge is -2.55. The van der Waals surface area contributed by atoms with Crippen LogP contribution in [0.25, 0.3) is 0 Å². The zero-order chi connectivity index (χ0) is 17.8. The lowest BCUT2D eigenvalue weighted by Crippen LogP contribution is -2.49. The highest BCUT2D eigenvalue weighted by atomic mass is 16.6. The second-order valence-corrected chi connectivity index (χ2v) is 9.22. The maximum atomic E-state index is 11.2. The van der Waals surface area contributed by atoms with Crippen molar-refractivity contribution in [3.63, 3.8) is 0 Å². The molecule has 0 aromatic rings. The van der Waals surface area contributed by atoms with Crippen LogP contribution >= 0.6 is 0 Å². The van der Waals surface area contributed by atoms with Gasteiger partial charge in [-0.25, -0.2) is 0 Å². The van der Waals surface area contributed by atoms with Gasteiger partial charge in [-0.2, -0.15) is 0 Å². The maximum Gasteiger partial charge on any atom is 0.298 e. The van der Waals surface area contributed by atoms with Crippen molar-refractivity contribution < 1.29 is 24.1 Å². The molecule has 4 rings (SSSR count). The number of ether oxygens (including phenoxy) is 3. The number of epoxide rings is 1. The molecule has 6 atom stereocenters. The van der Waals surface area contributed by atoms with Gasteiger partial charge >= 0.3 is 0 Å². The predicted octanol–water partition coefficient (Wildman–Crippen LogP) is 3.16. The Morgan fingerprint density at radius 2 is 2.04 bits per heavy atom. The Morgan fingerprint density at radius 1 is 1.28 bits per heavy atom. The van der Waals surface area contributed by atoms with Crippen LogP contribution in [0.1, 0.15) is 59.3 Å². The minimum absolute atomic E-state index is 0.0614. The molecule has 0 aromatic heterocycles. The maximum absolute atomic E-state index is 11.2. The van der Waals surface area contributed by atoms with E-state index in [4.69, 9.17) is 14.2 Å². The van der Waals surface area contributed by atoms with Gasteiger partial charge in [-0.15, -0.1) is 0 Å². The molecule has 2 heterocycles. The average Bonchev–Trinajstić information content (AvgIpc) is 3.37. The lowest BCUT2D eigenvalue weighted by molar-refractivity contribution is -0.156. The van der Waals surface area contributed by atoms with Gasteiger partial charge in [0.2, 0.25) is 0 Å². The van der Waals surface area contributed by atoms with Crippen molar-refractivity contribution in [2.45, 2.75) is 77.8 Å². The Kier molecular flexibility index (Phi) is 4.25. The molecule has 5 heteroatoms. The van der Waals surface area contributed by atoms with Crippen LogP contribution in [0.3, 0.4) is 0 Å². The molecule has 0 radical (unpaired) electrons. The smallest absolute Gasteiger partial charge is 0.298 e. The molecular weight excluding hydrogens is 320 g/mol. The number of fused-ring (bicyclic) bond motifs is 3. The van der Waals surface area contributed by atoms with Gasteiger partial charge in [-0.1, -0.05) is 27.2 Å².